The fourth-order valence-corrected chi connectivity index (χ4v) is 3.85. The van der Waals surface area contributed by atoms with Crippen LogP contribution in [0.5, 0.6) is 0 Å². The van der Waals surface area contributed by atoms with Crippen molar-refractivity contribution in [2.45, 2.75) is 58.0 Å². The number of benzene rings is 1. The van der Waals surface area contributed by atoms with Crippen LogP contribution in [0.1, 0.15) is 57.6 Å². The highest BCUT2D eigenvalue weighted by Crippen LogP contribution is 2.31. The highest BCUT2D eigenvalue weighted by Gasteiger charge is 2.20. The molecule has 1 fully saturated rings. The lowest BCUT2D eigenvalue weighted by atomic mass is 10.0. The number of nitrogens with one attached hydrogen (secondary N) is 1. The number of halogens is 1. The zero-order chi connectivity index (χ0) is 14.5. The van der Waals surface area contributed by atoms with Gasteiger partial charge in [-0.3, -0.25) is 0 Å². The van der Waals surface area contributed by atoms with Gasteiger partial charge >= 0.3 is 0 Å². The Kier molecular flexibility index (Phi) is 5.91. The van der Waals surface area contributed by atoms with Gasteiger partial charge in [-0.1, -0.05) is 41.8 Å². The minimum atomic E-state index is 0.379. The quantitative estimate of drug-likeness (QED) is 0.840. The van der Waals surface area contributed by atoms with Gasteiger partial charge in [-0.05, 0) is 50.9 Å². The average molecular weight is 339 g/mol. The molecule has 20 heavy (non-hydrogen) atoms. The van der Waals surface area contributed by atoms with Crippen LogP contribution in [0.2, 0.25) is 0 Å². The van der Waals surface area contributed by atoms with Gasteiger partial charge in [0.1, 0.15) is 0 Å². The summed E-state index contributed by atoms with van der Waals surface area (Å²) in [5, 5.41) is 3.31. The first-order valence-electron chi connectivity index (χ1n) is 7.90. The molecule has 1 aliphatic heterocycles. The van der Waals surface area contributed by atoms with Crippen molar-refractivity contribution in [3.05, 3.63) is 28.2 Å². The van der Waals surface area contributed by atoms with E-state index in [1.54, 1.807) is 0 Å². The molecule has 112 valence electrons. The third-order valence-electron chi connectivity index (χ3n) is 4.56. The van der Waals surface area contributed by atoms with E-state index in [4.69, 9.17) is 0 Å². The van der Waals surface area contributed by atoms with E-state index in [0.717, 1.165) is 0 Å². The number of rotatable bonds is 4. The smallest absolute Gasteiger partial charge is 0.0380 e. The summed E-state index contributed by atoms with van der Waals surface area (Å²) in [6, 6.07) is 7.94. The van der Waals surface area contributed by atoms with Gasteiger partial charge in [0.15, 0.2) is 0 Å². The van der Waals surface area contributed by atoms with Crippen LogP contribution in [0.3, 0.4) is 0 Å². The lowest BCUT2D eigenvalue weighted by molar-refractivity contribution is 0.556. The van der Waals surface area contributed by atoms with Crippen molar-refractivity contribution in [1.29, 1.82) is 0 Å². The van der Waals surface area contributed by atoms with Crippen molar-refractivity contribution < 1.29 is 0 Å². The maximum atomic E-state index is 3.75. The third-order valence-corrected chi connectivity index (χ3v) is 5.25. The molecule has 1 heterocycles. The molecule has 1 aliphatic rings. The van der Waals surface area contributed by atoms with E-state index in [-0.39, 0.29) is 0 Å². The molecule has 2 rings (SSSR count). The maximum absolute atomic E-state index is 3.75. The average Bonchev–Trinajstić information content (AvgIpc) is 2.71. The Labute approximate surface area is 132 Å². The number of hydrogen-bond acceptors (Lipinski definition) is 2. The zero-order valence-electron chi connectivity index (χ0n) is 13.0. The summed E-state index contributed by atoms with van der Waals surface area (Å²) in [6.07, 6.45) is 6.66. The first-order chi connectivity index (χ1) is 9.67. The lowest BCUT2D eigenvalue weighted by Gasteiger charge is -2.32. The second-order valence-electron chi connectivity index (χ2n) is 5.82. The van der Waals surface area contributed by atoms with E-state index in [1.807, 2.05) is 7.05 Å². The minimum Gasteiger partial charge on any atom is -0.369 e. The lowest BCUT2D eigenvalue weighted by Crippen LogP contribution is -2.34. The molecule has 1 aromatic rings. The van der Waals surface area contributed by atoms with Crippen molar-refractivity contribution in [3.63, 3.8) is 0 Å². The van der Waals surface area contributed by atoms with Crippen molar-refractivity contribution in [1.82, 2.24) is 5.32 Å². The molecule has 2 nitrogen and oxygen atoms in total. The summed E-state index contributed by atoms with van der Waals surface area (Å²) >= 11 is 3.75. The van der Waals surface area contributed by atoms with E-state index in [0.29, 0.717) is 12.1 Å². The summed E-state index contributed by atoms with van der Waals surface area (Å²) < 4.78 is 1.22. The van der Waals surface area contributed by atoms with Crippen LogP contribution in [0.25, 0.3) is 0 Å². The Bertz CT molecular complexity index is 433. The van der Waals surface area contributed by atoms with Crippen molar-refractivity contribution >= 4 is 21.6 Å². The summed E-state index contributed by atoms with van der Waals surface area (Å²) in [7, 11) is 2.01. The van der Waals surface area contributed by atoms with Crippen molar-refractivity contribution in [2.24, 2.45) is 0 Å². The first kappa shape index (κ1) is 15.8. The Balaban J connectivity index is 2.24. The van der Waals surface area contributed by atoms with Crippen LogP contribution in [-0.4, -0.2) is 19.6 Å². The van der Waals surface area contributed by atoms with Crippen LogP contribution in [0.15, 0.2) is 22.7 Å². The van der Waals surface area contributed by atoms with Crippen LogP contribution in [0.4, 0.5) is 5.69 Å². The zero-order valence-corrected chi connectivity index (χ0v) is 14.5. The van der Waals surface area contributed by atoms with Crippen LogP contribution >= 0.6 is 15.9 Å². The van der Waals surface area contributed by atoms with Crippen LogP contribution in [0, 0.1) is 0 Å². The molecule has 0 aromatic heterocycles. The van der Waals surface area contributed by atoms with Gasteiger partial charge in [0, 0.05) is 28.8 Å². The molecule has 0 bridgehead atoms. The van der Waals surface area contributed by atoms with Gasteiger partial charge < -0.3 is 10.2 Å². The Morgan fingerprint density at radius 3 is 2.80 bits per heavy atom. The van der Waals surface area contributed by atoms with Gasteiger partial charge in [-0.2, -0.15) is 0 Å². The Morgan fingerprint density at radius 2 is 2.15 bits per heavy atom. The van der Waals surface area contributed by atoms with E-state index in [9.17, 15) is 0 Å². The fourth-order valence-electron chi connectivity index (χ4n) is 3.14. The van der Waals surface area contributed by atoms with Crippen LogP contribution < -0.4 is 10.2 Å². The van der Waals surface area contributed by atoms with E-state index in [2.05, 4.69) is 58.2 Å². The molecule has 2 atom stereocenters. The largest absolute Gasteiger partial charge is 0.369 e. The molecule has 0 aliphatic carbocycles. The molecule has 1 aromatic carbocycles. The second-order valence-corrected chi connectivity index (χ2v) is 6.68. The molecule has 2 unspecified atom stereocenters. The molecule has 0 spiro atoms. The molecular formula is C17H27BrN2. The van der Waals surface area contributed by atoms with Gasteiger partial charge in [0.2, 0.25) is 0 Å². The molecule has 0 radical (unpaired) electrons. The van der Waals surface area contributed by atoms with Crippen molar-refractivity contribution in [3.8, 4) is 0 Å². The van der Waals surface area contributed by atoms with Gasteiger partial charge in [-0.25, -0.2) is 0 Å². The van der Waals surface area contributed by atoms with Gasteiger partial charge in [0.05, 0.1) is 0 Å². The van der Waals surface area contributed by atoms with Crippen molar-refractivity contribution in [2.75, 3.05) is 18.5 Å². The predicted molar refractivity (Wildman–Crippen MR) is 91.5 cm³/mol. The molecule has 3 heteroatoms. The molecular weight excluding hydrogens is 312 g/mol. The molecule has 0 amide bonds. The van der Waals surface area contributed by atoms with E-state index >= 15 is 0 Å². The van der Waals surface area contributed by atoms with Gasteiger partial charge in [-0.15, -0.1) is 0 Å². The monoisotopic (exact) mass is 338 g/mol. The molecule has 1 N–H and O–H groups in total. The Morgan fingerprint density at radius 1 is 1.35 bits per heavy atom. The highest BCUT2D eigenvalue weighted by atomic mass is 79.9. The fraction of sp³-hybridized carbons (Fsp3) is 0.647. The van der Waals surface area contributed by atoms with Gasteiger partial charge in [0.25, 0.3) is 0 Å². The maximum Gasteiger partial charge on any atom is 0.0380 e. The molecule has 1 saturated heterocycles. The van der Waals surface area contributed by atoms with E-state index < -0.39 is 0 Å². The SMILES string of the molecule is CCC1CCCCCN1c1ccc(C(C)NC)c(Br)c1. The standard InChI is InChI=1S/C17H27BrN2/c1-4-14-8-6-5-7-11-20(14)15-9-10-16(13(2)19-3)17(18)12-15/h9-10,12-14,19H,4-8,11H2,1-3H3. The number of hydrogen-bond donors (Lipinski definition) is 1. The number of anilines is 1. The Hall–Kier alpha value is -0.540. The highest BCUT2D eigenvalue weighted by molar-refractivity contribution is 9.10. The predicted octanol–water partition coefficient (Wildman–Crippen LogP) is 4.89. The summed E-state index contributed by atoms with van der Waals surface area (Å²) in [5.74, 6) is 0. The molecule has 0 saturated carbocycles. The minimum absolute atomic E-state index is 0.379. The van der Waals surface area contributed by atoms with E-state index in [1.165, 1.54) is 54.4 Å². The summed E-state index contributed by atoms with van der Waals surface area (Å²) in [6.45, 7) is 5.71. The number of nitrogens with zero attached hydrogens (tertiary/aromatic N) is 1. The third kappa shape index (κ3) is 3.56. The second kappa shape index (κ2) is 7.46. The first-order valence-corrected chi connectivity index (χ1v) is 8.70. The normalized spacial score (nSPS) is 21.6. The topological polar surface area (TPSA) is 15.3 Å². The van der Waals surface area contributed by atoms with Crippen LogP contribution in [-0.2, 0) is 0 Å². The summed E-state index contributed by atoms with van der Waals surface area (Å²) in [4.78, 5) is 2.62. The summed E-state index contributed by atoms with van der Waals surface area (Å²) in [5.41, 5.74) is 2.71.